The van der Waals surface area contributed by atoms with Crippen molar-refractivity contribution in [3.8, 4) is 22.6 Å². The van der Waals surface area contributed by atoms with Crippen LogP contribution in [0.3, 0.4) is 0 Å². The van der Waals surface area contributed by atoms with Gasteiger partial charge in [-0.25, -0.2) is 0 Å². The second-order valence-electron chi connectivity index (χ2n) is 8.65. The summed E-state index contributed by atoms with van der Waals surface area (Å²) in [4.78, 5) is -0.138. The maximum atomic E-state index is 13.3. The lowest BCUT2D eigenvalue weighted by molar-refractivity contribution is -0.0499. The van der Waals surface area contributed by atoms with Crippen LogP contribution in [0.2, 0.25) is 0 Å². The fourth-order valence-corrected chi connectivity index (χ4v) is 5.61. The van der Waals surface area contributed by atoms with Gasteiger partial charge in [0.05, 0.1) is 0 Å². The van der Waals surface area contributed by atoms with Gasteiger partial charge in [-0.05, 0) is 52.7 Å². The van der Waals surface area contributed by atoms with Crippen LogP contribution in [-0.4, -0.2) is 22.3 Å². The maximum absolute atomic E-state index is 13.3. The van der Waals surface area contributed by atoms with Crippen LogP contribution in [0.25, 0.3) is 32.7 Å². The van der Waals surface area contributed by atoms with Gasteiger partial charge in [-0.1, -0.05) is 78.4 Å². The predicted molar refractivity (Wildman–Crippen MR) is 141 cm³/mol. The number of alkyl halides is 3. The summed E-state index contributed by atoms with van der Waals surface area (Å²) >= 11 is 0. The number of hydrogen-bond acceptors (Lipinski definition) is 6. The molecule has 0 fully saturated rings. The van der Waals surface area contributed by atoms with Crippen molar-refractivity contribution in [3.05, 3.63) is 103 Å². The van der Waals surface area contributed by atoms with E-state index in [1.54, 1.807) is 73.7 Å². The SMILES string of the molecule is Cc1ccc(S(=O)(=O)Oc2ccc3ccccc3c2-c2c(OS(=O)(=O)C(F)(F)F)ccc3ccccc23)cc1. The number of fused-ring (bicyclic) bond motifs is 2. The van der Waals surface area contributed by atoms with E-state index in [1.807, 2.05) is 0 Å². The second-order valence-corrected chi connectivity index (χ2v) is 11.7. The van der Waals surface area contributed by atoms with E-state index in [0.717, 1.165) is 11.6 Å². The standard InChI is InChI=1S/C28H19F3O6S2/c1-18-10-14-21(15-11-18)38(32,33)36-24-16-12-19-6-2-4-8-22(19)26(24)27-23-9-5-3-7-20(23)13-17-25(27)37-39(34,35)28(29,30)31/h2-17H,1H3. The molecular weight excluding hydrogens is 553 g/mol. The Kier molecular flexibility index (Phi) is 6.51. The Balaban J connectivity index is 1.82. The highest BCUT2D eigenvalue weighted by Gasteiger charge is 2.49. The number of halogens is 3. The van der Waals surface area contributed by atoms with Gasteiger partial charge >= 0.3 is 25.7 Å². The Morgan fingerprint density at radius 3 is 1.54 bits per heavy atom. The summed E-state index contributed by atoms with van der Waals surface area (Å²) in [7, 11) is -10.5. The number of aryl methyl sites for hydroxylation is 1. The molecule has 200 valence electrons. The molecule has 5 aromatic carbocycles. The summed E-state index contributed by atoms with van der Waals surface area (Å²) in [5.74, 6) is -0.861. The van der Waals surface area contributed by atoms with Crippen LogP contribution in [0.4, 0.5) is 13.2 Å². The van der Waals surface area contributed by atoms with Gasteiger partial charge in [0.1, 0.15) is 4.90 Å². The van der Waals surface area contributed by atoms with Crippen molar-refractivity contribution in [2.24, 2.45) is 0 Å². The Bertz CT molecular complexity index is 1930. The van der Waals surface area contributed by atoms with Gasteiger partial charge in [0.15, 0.2) is 11.5 Å². The van der Waals surface area contributed by atoms with Gasteiger partial charge in [0, 0.05) is 11.1 Å². The normalized spacial score (nSPS) is 12.5. The molecule has 0 atom stereocenters. The molecule has 0 unspecified atom stereocenters. The highest BCUT2D eigenvalue weighted by Crippen LogP contribution is 2.47. The van der Waals surface area contributed by atoms with Gasteiger partial charge in [0.2, 0.25) is 0 Å². The molecule has 0 aromatic heterocycles. The minimum Gasteiger partial charge on any atom is -0.378 e. The lowest BCUT2D eigenvalue weighted by Crippen LogP contribution is -2.28. The van der Waals surface area contributed by atoms with E-state index in [9.17, 15) is 30.0 Å². The maximum Gasteiger partial charge on any atom is 0.534 e. The molecule has 0 saturated carbocycles. The number of benzene rings is 5. The molecule has 0 spiro atoms. The molecule has 0 saturated heterocycles. The first-order chi connectivity index (χ1) is 18.4. The first-order valence-electron chi connectivity index (χ1n) is 11.4. The molecule has 0 bridgehead atoms. The second kappa shape index (κ2) is 9.58. The summed E-state index contributed by atoms with van der Waals surface area (Å²) in [5.41, 5.74) is -4.90. The average Bonchev–Trinajstić information content (AvgIpc) is 2.88. The quantitative estimate of drug-likeness (QED) is 0.161. The average molecular weight is 573 g/mol. The minimum atomic E-state index is -6.06. The van der Waals surface area contributed by atoms with Crippen molar-refractivity contribution >= 4 is 41.8 Å². The van der Waals surface area contributed by atoms with E-state index in [2.05, 4.69) is 4.18 Å². The van der Waals surface area contributed by atoms with Crippen molar-refractivity contribution in [2.75, 3.05) is 0 Å². The lowest BCUT2D eigenvalue weighted by Gasteiger charge is -2.19. The zero-order chi connectivity index (χ0) is 28.0. The molecule has 0 heterocycles. The topological polar surface area (TPSA) is 86.7 Å². The zero-order valence-corrected chi connectivity index (χ0v) is 21.8. The molecule has 0 aliphatic rings. The molecule has 11 heteroatoms. The van der Waals surface area contributed by atoms with Crippen LogP contribution in [0, 0.1) is 6.92 Å². The molecular formula is C28H19F3O6S2. The van der Waals surface area contributed by atoms with Crippen molar-refractivity contribution in [2.45, 2.75) is 17.3 Å². The van der Waals surface area contributed by atoms with E-state index in [1.165, 1.54) is 24.3 Å². The molecule has 0 radical (unpaired) electrons. The Morgan fingerprint density at radius 2 is 1.05 bits per heavy atom. The molecule has 0 aliphatic heterocycles. The van der Waals surface area contributed by atoms with Crippen LogP contribution >= 0.6 is 0 Å². The summed E-state index contributed by atoms with van der Waals surface area (Å²) in [6.07, 6.45) is 0. The van der Waals surface area contributed by atoms with E-state index < -0.39 is 31.5 Å². The summed E-state index contributed by atoms with van der Waals surface area (Å²) in [6, 6.07) is 24.7. The van der Waals surface area contributed by atoms with Crippen molar-refractivity contribution in [1.82, 2.24) is 0 Å². The van der Waals surface area contributed by atoms with E-state index in [4.69, 9.17) is 4.18 Å². The van der Waals surface area contributed by atoms with Crippen LogP contribution in [0.1, 0.15) is 5.56 Å². The van der Waals surface area contributed by atoms with Crippen molar-refractivity contribution in [1.29, 1.82) is 0 Å². The molecule has 6 nitrogen and oxygen atoms in total. The monoisotopic (exact) mass is 572 g/mol. The largest absolute Gasteiger partial charge is 0.534 e. The van der Waals surface area contributed by atoms with Crippen LogP contribution in [-0.2, 0) is 20.2 Å². The van der Waals surface area contributed by atoms with Gasteiger partial charge in [0.25, 0.3) is 0 Å². The third-order valence-electron chi connectivity index (χ3n) is 6.02. The molecule has 5 aromatic rings. The minimum absolute atomic E-state index is 0.0490. The lowest BCUT2D eigenvalue weighted by atomic mass is 9.92. The van der Waals surface area contributed by atoms with Crippen LogP contribution in [0.15, 0.2) is 102 Å². The number of rotatable bonds is 6. The molecule has 5 rings (SSSR count). The molecule has 0 aliphatic carbocycles. The highest BCUT2D eigenvalue weighted by atomic mass is 32.2. The van der Waals surface area contributed by atoms with Crippen LogP contribution < -0.4 is 8.37 Å². The smallest absolute Gasteiger partial charge is 0.378 e. The van der Waals surface area contributed by atoms with E-state index >= 15 is 0 Å². The highest BCUT2D eigenvalue weighted by molar-refractivity contribution is 7.88. The first-order valence-corrected chi connectivity index (χ1v) is 14.2. The van der Waals surface area contributed by atoms with E-state index in [-0.39, 0.29) is 21.8 Å². The Morgan fingerprint density at radius 1 is 0.590 bits per heavy atom. The summed E-state index contributed by atoms with van der Waals surface area (Å²) < 4.78 is 101. The van der Waals surface area contributed by atoms with Crippen LogP contribution in [0.5, 0.6) is 11.5 Å². The number of hydrogen-bond donors (Lipinski definition) is 0. The molecule has 0 amide bonds. The Labute approximate surface area is 222 Å². The van der Waals surface area contributed by atoms with E-state index in [0.29, 0.717) is 21.5 Å². The fourth-order valence-electron chi connectivity index (χ4n) is 4.19. The Hall–Kier alpha value is -4.09. The fraction of sp³-hybridized carbons (Fsp3) is 0.0714. The first kappa shape index (κ1) is 26.5. The van der Waals surface area contributed by atoms with Crippen molar-refractivity contribution in [3.63, 3.8) is 0 Å². The van der Waals surface area contributed by atoms with Gasteiger partial charge in [-0.3, -0.25) is 0 Å². The molecule has 39 heavy (non-hydrogen) atoms. The van der Waals surface area contributed by atoms with Gasteiger partial charge < -0.3 is 8.37 Å². The zero-order valence-electron chi connectivity index (χ0n) is 20.1. The third kappa shape index (κ3) is 5.02. The molecule has 0 N–H and O–H groups in total. The van der Waals surface area contributed by atoms with Gasteiger partial charge in [-0.15, -0.1) is 0 Å². The summed E-state index contributed by atoms with van der Waals surface area (Å²) in [6.45, 7) is 1.79. The van der Waals surface area contributed by atoms with Crippen molar-refractivity contribution < 1.29 is 38.4 Å². The summed E-state index contributed by atoms with van der Waals surface area (Å²) in [5, 5.41) is 1.87. The predicted octanol–water partition coefficient (Wildman–Crippen LogP) is 6.96. The third-order valence-corrected chi connectivity index (χ3v) is 8.24. The van der Waals surface area contributed by atoms with Gasteiger partial charge in [-0.2, -0.15) is 30.0 Å².